The maximum absolute atomic E-state index is 12.0. The fraction of sp³-hybridized carbons (Fsp3) is 0.407. The number of hydrogen-bond donors (Lipinski definition) is 3. The molecule has 11 nitrogen and oxygen atoms in total. The SMILES string of the molecule is CN=C(C(Br)=CN)c1nc(-c2cc(OC[C@H](O)CNC)ccc2Cl)nc(N2CC3=C(CN(C(=O)OC)C3)C2)c1C. The van der Waals surface area contributed by atoms with Crippen LogP contribution in [0, 0.1) is 6.92 Å². The Kier molecular flexibility index (Phi) is 9.67. The molecule has 0 saturated carbocycles. The minimum absolute atomic E-state index is 0.113. The number of aliphatic imine (C=N–C) groups is 1. The molecule has 1 aromatic heterocycles. The standard InChI is InChI=1S/C27H33BrClN7O4/c1-15-23(24(32-3)21(28)8-30)33-25(20-7-19(5-6-22(20)29)40-14-18(37)9-31-2)34-26(15)35-10-16-12-36(27(38)39-4)13-17(16)11-35/h5-8,18,31,37H,9-14,30H2,1-4H3/t18-/m1/s1. The lowest BCUT2D eigenvalue weighted by Gasteiger charge is -2.25. The van der Waals surface area contributed by atoms with E-state index >= 15 is 0 Å². The van der Waals surface area contributed by atoms with Crippen molar-refractivity contribution in [1.82, 2.24) is 20.2 Å². The number of nitrogens with one attached hydrogen (secondary N) is 1. The van der Waals surface area contributed by atoms with Crippen LogP contribution in [0.2, 0.25) is 5.02 Å². The minimum Gasteiger partial charge on any atom is -0.491 e. The van der Waals surface area contributed by atoms with Gasteiger partial charge in [-0.1, -0.05) is 11.6 Å². The molecule has 2 aliphatic rings. The highest BCUT2D eigenvalue weighted by Gasteiger charge is 2.34. The van der Waals surface area contributed by atoms with Gasteiger partial charge in [0.15, 0.2) is 5.82 Å². The van der Waals surface area contributed by atoms with Crippen molar-refractivity contribution in [3.63, 3.8) is 0 Å². The Morgan fingerprint density at radius 1 is 1.30 bits per heavy atom. The van der Waals surface area contributed by atoms with E-state index in [1.54, 1.807) is 37.2 Å². The highest BCUT2D eigenvalue weighted by Crippen LogP contribution is 2.36. The van der Waals surface area contributed by atoms with Gasteiger partial charge in [-0.15, -0.1) is 0 Å². The van der Waals surface area contributed by atoms with Gasteiger partial charge in [-0.25, -0.2) is 14.8 Å². The molecule has 3 heterocycles. The molecule has 1 aromatic carbocycles. The van der Waals surface area contributed by atoms with Gasteiger partial charge in [-0.05, 0) is 59.2 Å². The topological polar surface area (TPSA) is 138 Å². The highest BCUT2D eigenvalue weighted by molar-refractivity contribution is 9.12. The molecule has 0 spiro atoms. The van der Waals surface area contributed by atoms with Crippen LogP contribution in [-0.2, 0) is 4.74 Å². The number of nitrogens with two attached hydrogens (primary N) is 1. The molecular formula is C27H33BrClN7O4. The zero-order valence-corrected chi connectivity index (χ0v) is 25.2. The van der Waals surface area contributed by atoms with Crippen LogP contribution in [-0.4, -0.2) is 98.4 Å². The molecule has 0 aliphatic carbocycles. The Balaban J connectivity index is 1.73. The minimum atomic E-state index is -0.665. The van der Waals surface area contributed by atoms with Gasteiger partial charge < -0.3 is 35.4 Å². The van der Waals surface area contributed by atoms with Crippen molar-refractivity contribution in [2.24, 2.45) is 10.7 Å². The molecule has 0 saturated heterocycles. The van der Waals surface area contributed by atoms with Crippen LogP contribution in [0.1, 0.15) is 11.3 Å². The molecule has 2 aliphatic heterocycles. The number of nitrogens with zero attached hydrogens (tertiary/aromatic N) is 5. The first-order valence-electron chi connectivity index (χ1n) is 12.7. The number of aliphatic hydroxyl groups is 1. The van der Waals surface area contributed by atoms with Gasteiger partial charge in [0, 0.05) is 57.1 Å². The van der Waals surface area contributed by atoms with E-state index < -0.39 is 6.10 Å². The number of aliphatic hydroxyl groups excluding tert-OH is 1. The van der Waals surface area contributed by atoms with Crippen LogP contribution in [0.4, 0.5) is 10.6 Å². The third-order valence-corrected chi connectivity index (χ3v) is 7.73. The third-order valence-electron chi connectivity index (χ3n) is 6.76. The zero-order chi connectivity index (χ0) is 29.0. The summed E-state index contributed by atoms with van der Waals surface area (Å²) >= 11 is 10.2. The van der Waals surface area contributed by atoms with E-state index in [0.29, 0.717) is 70.8 Å². The van der Waals surface area contributed by atoms with Gasteiger partial charge in [-0.2, -0.15) is 0 Å². The molecule has 4 N–H and O–H groups in total. The van der Waals surface area contributed by atoms with Crippen LogP contribution >= 0.6 is 27.5 Å². The van der Waals surface area contributed by atoms with E-state index in [4.69, 9.17) is 36.8 Å². The zero-order valence-electron chi connectivity index (χ0n) is 22.9. The van der Waals surface area contributed by atoms with E-state index in [2.05, 4.69) is 31.1 Å². The molecule has 40 heavy (non-hydrogen) atoms. The van der Waals surface area contributed by atoms with Crippen molar-refractivity contribution in [1.29, 1.82) is 0 Å². The first kappa shape index (κ1) is 29.8. The average Bonchev–Trinajstić information content (AvgIpc) is 3.53. The molecule has 0 radical (unpaired) electrons. The maximum Gasteiger partial charge on any atom is 0.410 e. The molecule has 1 atom stereocenters. The number of hydrogen-bond acceptors (Lipinski definition) is 10. The summed E-state index contributed by atoms with van der Waals surface area (Å²) in [6.07, 6.45) is 0.427. The predicted molar refractivity (Wildman–Crippen MR) is 160 cm³/mol. The number of carbonyl (C=O) groups is 1. The van der Waals surface area contributed by atoms with Gasteiger partial charge in [0.05, 0.1) is 28.0 Å². The second kappa shape index (κ2) is 13.0. The normalized spacial score (nSPS) is 16.5. The van der Waals surface area contributed by atoms with Gasteiger partial charge in [0.25, 0.3) is 0 Å². The monoisotopic (exact) mass is 633 g/mol. The number of halogens is 2. The number of allylic oxidation sites excluding steroid dienone is 1. The number of carbonyl (C=O) groups excluding carboxylic acids is 1. The summed E-state index contributed by atoms with van der Waals surface area (Å²) in [7, 11) is 4.83. The van der Waals surface area contributed by atoms with Gasteiger partial charge in [-0.3, -0.25) is 4.99 Å². The summed E-state index contributed by atoms with van der Waals surface area (Å²) in [5, 5.41) is 13.4. The Bertz CT molecular complexity index is 1360. The summed E-state index contributed by atoms with van der Waals surface area (Å²) in [6, 6.07) is 5.22. The van der Waals surface area contributed by atoms with Crippen molar-refractivity contribution in [3.05, 3.63) is 56.3 Å². The third kappa shape index (κ3) is 6.25. The molecule has 13 heteroatoms. The lowest BCUT2D eigenvalue weighted by Crippen LogP contribution is -2.34. The molecule has 2 aromatic rings. The quantitative estimate of drug-likeness (QED) is 0.281. The van der Waals surface area contributed by atoms with Crippen LogP contribution in [0.3, 0.4) is 0 Å². The molecule has 4 rings (SSSR count). The molecule has 0 fully saturated rings. The van der Waals surface area contributed by atoms with Crippen LogP contribution in [0.25, 0.3) is 11.4 Å². The number of aromatic nitrogens is 2. The molecule has 0 bridgehead atoms. The van der Waals surface area contributed by atoms with E-state index in [9.17, 15) is 9.90 Å². The second-order valence-corrected chi connectivity index (χ2v) is 10.7. The van der Waals surface area contributed by atoms with E-state index in [-0.39, 0.29) is 12.7 Å². The van der Waals surface area contributed by atoms with Gasteiger partial charge in [0.1, 0.15) is 24.3 Å². The first-order valence-corrected chi connectivity index (χ1v) is 13.8. The fourth-order valence-corrected chi connectivity index (χ4v) is 5.38. The Hall–Kier alpha value is -3.19. The number of ether oxygens (including phenoxy) is 2. The van der Waals surface area contributed by atoms with E-state index in [1.807, 2.05) is 6.92 Å². The number of likely N-dealkylation sites (N-methyl/N-ethyl adjacent to an activating group) is 1. The summed E-state index contributed by atoms with van der Waals surface area (Å²) in [5.41, 5.74) is 10.7. The van der Waals surface area contributed by atoms with Crippen LogP contribution in [0.15, 0.2) is 45.0 Å². The number of anilines is 1. The predicted octanol–water partition coefficient (Wildman–Crippen LogP) is 2.88. The van der Waals surface area contributed by atoms with Crippen molar-refractivity contribution < 1.29 is 19.4 Å². The van der Waals surface area contributed by atoms with E-state index in [1.165, 1.54) is 24.5 Å². The summed E-state index contributed by atoms with van der Waals surface area (Å²) in [4.78, 5) is 30.2. The summed E-state index contributed by atoms with van der Waals surface area (Å²) in [6.45, 7) is 4.75. The summed E-state index contributed by atoms with van der Waals surface area (Å²) in [5.74, 6) is 1.65. The van der Waals surface area contributed by atoms with Crippen molar-refractivity contribution >= 4 is 45.2 Å². The number of rotatable bonds is 9. The fourth-order valence-electron chi connectivity index (χ4n) is 4.81. The highest BCUT2D eigenvalue weighted by atomic mass is 79.9. The second-order valence-electron chi connectivity index (χ2n) is 9.48. The summed E-state index contributed by atoms with van der Waals surface area (Å²) < 4.78 is 11.3. The number of amides is 1. The smallest absolute Gasteiger partial charge is 0.410 e. The first-order chi connectivity index (χ1) is 19.2. The van der Waals surface area contributed by atoms with Gasteiger partial charge >= 0.3 is 6.09 Å². The van der Waals surface area contributed by atoms with Crippen molar-refractivity contribution in [2.45, 2.75) is 13.0 Å². The molecule has 0 unspecified atom stereocenters. The molecular weight excluding hydrogens is 602 g/mol. The number of benzene rings is 1. The molecule has 214 valence electrons. The Labute approximate surface area is 246 Å². The Morgan fingerprint density at radius 2 is 2.00 bits per heavy atom. The van der Waals surface area contributed by atoms with Crippen LogP contribution in [0.5, 0.6) is 5.75 Å². The average molecular weight is 635 g/mol. The lowest BCUT2D eigenvalue weighted by atomic mass is 10.1. The lowest BCUT2D eigenvalue weighted by molar-refractivity contribution is 0.108. The maximum atomic E-state index is 12.0. The Morgan fingerprint density at radius 3 is 2.60 bits per heavy atom. The largest absolute Gasteiger partial charge is 0.491 e. The van der Waals surface area contributed by atoms with Gasteiger partial charge in [0.2, 0.25) is 0 Å². The van der Waals surface area contributed by atoms with Crippen molar-refractivity contribution in [2.75, 3.05) is 65.4 Å². The molecule has 1 amide bonds. The van der Waals surface area contributed by atoms with E-state index in [0.717, 1.165) is 11.4 Å². The number of methoxy groups -OCH3 is 1. The van der Waals surface area contributed by atoms with Crippen molar-refractivity contribution in [3.8, 4) is 17.1 Å². The van der Waals surface area contributed by atoms with Crippen LogP contribution < -0.4 is 20.7 Å².